The van der Waals surface area contributed by atoms with Gasteiger partial charge in [-0.3, -0.25) is 14.7 Å². The number of hydrogen-bond acceptors (Lipinski definition) is 6. The van der Waals surface area contributed by atoms with Crippen LogP contribution in [0.25, 0.3) is 6.08 Å². The van der Waals surface area contributed by atoms with Gasteiger partial charge in [0.25, 0.3) is 0 Å². The van der Waals surface area contributed by atoms with Gasteiger partial charge in [0.15, 0.2) is 11.5 Å². The number of aromatic hydroxyl groups is 1. The Morgan fingerprint density at radius 2 is 2.09 bits per heavy atom. The van der Waals surface area contributed by atoms with Crippen molar-refractivity contribution < 1.29 is 19.4 Å². The lowest BCUT2D eigenvalue weighted by Crippen LogP contribution is -2.40. The molecule has 1 saturated heterocycles. The van der Waals surface area contributed by atoms with Crippen LogP contribution in [0, 0.1) is 5.92 Å². The Kier molecular flexibility index (Phi) is 8.64. The molecule has 172 valence electrons. The highest BCUT2D eigenvalue weighted by Crippen LogP contribution is 2.26. The molecule has 1 aliphatic rings. The molecular weight excluding hydrogens is 406 g/mol. The Morgan fingerprint density at radius 1 is 1.25 bits per heavy atom. The van der Waals surface area contributed by atoms with Crippen molar-refractivity contribution in [2.45, 2.75) is 26.6 Å². The number of ether oxygens (including phenoxy) is 2. The summed E-state index contributed by atoms with van der Waals surface area (Å²) in [4.78, 5) is 21.2. The van der Waals surface area contributed by atoms with E-state index in [-0.39, 0.29) is 17.8 Å². The fraction of sp³-hybridized carbons (Fsp3) is 0.440. The van der Waals surface area contributed by atoms with Gasteiger partial charge in [0.2, 0.25) is 5.91 Å². The summed E-state index contributed by atoms with van der Waals surface area (Å²) in [5.74, 6) is 1.07. The van der Waals surface area contributed by atoms with Crippen molar-refractivity contribution in [3.63, 3.8) is 0 Å². The molecule has 1 aromatic carbocycles. The van der Waals surface area contributed by atoms with E-state index in [9.17, 15) is 9.90 Å². The Bertz CT molecular complexity index is 901. The van der Waals surface area contributed by atoms with Crippen LogP contribution < -0.4 is 4.74 Å². The predicted octanol–water partition coefficient (Wildman–Crippen LogP) is 3.19. The highest BCUT2D eigenvalue weighted by atomic mass is 16.5. The lowest BCUT2D eigenvalue weighted by Gasteiger charge is -2.26. The van der Waals surface area contributed by atoms with Crippen LogP contribution in [-0.2, 0) is 16.1 Å². The van der Waals surface area contributed by atoms with Crippen LogP contribution in [-0.4, -0.2) is 71.7 Å². The third-order valence-electron chi connectivity index (χ3n) is 5.25. The third-order valence-corrected chi connectivity index (χ3v) is 5.25. The summed E-state index contributed by atoms with van der Waals surface area (Å²) in [6, 6.07) is 11.0. The Morgan fingerprint density at radius 3 is 2.81 bits per heavy atom. The van der Waals surface area contributed by atoms with Crippen LogP contribution in [0.3, 0.4) is 0 Å². The molecule has 1 fully saturated rings. The Balaban J connectivity index is 1.66. The highest BCUT2D eigenvalue weighted by molar-refractivity contribution is 5.78. The maximum Gasteiger partial charge on any atom is 0.236 e. The molecule has 2 heterocycles. The molecule has 2 aromatic rings. The molecule has 0 spiro atoms. The van der Waals surface area contributed by atoms with Crippen molar-refractivity contribution in [2.24, 2.45) is 5.92 Å². The maximum atomic E-state index is 12.9. The van der Waals surface area contributed by atoms with Gasteiger partial charge < -0.3 is 19.5 Å². The zero-order chi connectivity index (χ0) is 22.9. The number of phenolic OH excluding ortho intramolecular Hbond substituents is 1. The fourth-order valence-electron chi connectivity index (χ4n) is 3.73. The molecule has 1 aromatic heterocycles. The first kappa shape index (κ1) is 23.8. The van der Waals surface area contributed by atoms with Gasteiger partial charge in [-0.05, 0) is 35.7 Å². The topological polar surface area (TPSA) is 75.1 Å². The van der Waals surface area contributed by atoms with E-state index >= 15 is 0 Å². The summed E-state index contributed by atoms with van der Waals surface area (Å²) in [5.41, 5.74) is 1.80. The molecule has 32 heavy (non-hydrogen) atoms. The zero-order valence-electron chi connectivity index (χ0n) is 19.1. The number of carbonyl (C=O) groups excluding carboxylic acids is 1. The summed E-state index contributed by atoms with van der Waals surface area (Å²) in [5, 5.41) is 9.76. The largest absolute Gasteiger partial charge is 0.504 e. The van der Waals surface area contributed by atoms with E-state index in [4.69, 9.17) is 9.47 Å². The van der Waals surface area contributed by atoms with Crippen LogP contribution >= 0.6 is 0 Å². The van der Waals surface area contributed by atoms with Gasteiger partial charge in [0.05, 0.1) is 32.1 Å². The van der Waals surface area contributed by atoms with Crippen LogP contribution in [0.1, 0.15) is 25.1 Å². The van der Waals surface area contributed by atoms with Crippen molar-refractivity contribution in [2.75, 3.05) is 39.8 Å². The van der Waals surface area contributed by atoms with Gasteiger partial charge in [-0.15, -0.1) is 0 Å². The van der Waals surface area contributed by atoms with Crippen molar-refractivity contribution in [3.05, 3.63) is 59.9 Å². The van der Waals surface area contributed by atoms with E-state index in [0.717, 1.165) is 17.8 Å². The number of hydrogen-bond donors (Lipinski definition) is 1. The first-order chi connectivity index (χ1) is 15.4. The van der Waals surface area contributed by atoms with E-state index in [0.29, 0.717) is 44.5 Å². The molecule has 0 saturated carbocycles. The molecular formula is C25H33N3O4. The van der Waals surface area contributed by atoms with Crippen molar-refractivity contribution >= 4 is 12.0 Å². The summed E-state index contributed by atoms with van der Waals surface area (Å²) < 4.78 is 11.3. The fourth-order valence-corrected chi connectivity index (χ4v) is 3.73. The minimum atomic E-state index is -0.0932. The Labute approximate surface area is 190 Å². The SMILES string of the molecule is COc1cc(/C=C/CN2CC(=O)N(CC(C)C)CC(OCc3ccccn3)C2)ccc1O. The molecule has 1 aliphatic heterocycles. The third kappa shape index (κ3) is 7.07. The quantitative estimate of drug-likeness (QED) is 0.647. The Hall–Kier alpha value is -2.90. The van der Waals surface area contributed by atoms with Gasteiger partial charge in [-0.1, -0.05) is 38.1 Å². The molecule has 1 amide bonds. The molecule has 1 N–H and O–H groups in total. The first-order valence-corrected chi connectivity index (χ1v) is 11.0. The second kappa shape index (κ2) is 11.6. The molecule has 3 rings (SSSR count). The van der Waals surface area contributed by atoms with E-state index in [1.807, 2.05) is 41.3 Å². The maximum absolute atomic E-state index is 12.9. The summed E-state index contributed by atoms with van der Waals surface area (Å²) in [7, 11) is 1.53. The normalized spacial score (nSPS) is 17.8. The lowest BCUT2D eigenvalue weighted by molar-refractivity contribution is -0.132. The van der Waals surface area contributed by atoms with Crippen LogP contribution in [0.5, 0.6) is 11.5 Å². The molecule has 7 heteroatoms. The average Bonchev–Trinajstić information content (AvgIpc) is 2.92. The predicted molar refractivity (Wildman–Crippen MR) is 124 cm³/mol. The van der Waals surface area contributed by atoms with Crippen LogP contribution in [0.2, 0.25) is 0 Å². The highest BCUT2D eigenvalue weighted by Gasteiger charge is 2.28. The average molecular weight is 440 g/mol. The van der Waals surface area contributed by atoms with Gasteiger partial charge in [0.1, 0.15) is 0 Å². The van der Waals surface area contributed by atoms with Gasteiger partial charge in [-0.2, -0.15) is 0 Å². The summed E-state index contributed by atoms with van der Waals surface area (Å²) in [6.07, 6.45) is 5.65. The molecule has 1 unspecified atom stereocenters. The van der Waals surface area contributed by atoms with Crippen LogP contribution in [0.15, 0.2) is 48.7 Å². The van der Waals surface area contributed by atoms with E-state index in [1.165, 1.54) is 7.11 Å². The van der Waals surface area contributed by atoms with Gasteiger partial charge in [-0.25, -0.2) is 0 Å². The van der Waals surface area contributed by atoms with Gasteiger partial charge in [0, 0.05) is 32.4 Å². The van der Waals surface area contributed by atoms with Crippen molar-refractivity contribution in [1.29, 1.82) is 0 Å². The van der Waals surface area contributed by atoms with E-state index in [2.05, 4.69) is 23.7 Å². The summed E-state index contributed by atoms with van der Waals surface area (Å²) in [6.45, 7) is 7.61. The second-order valence-corrected chi connectivity index (χ2v) is 8.47. The molecule has 1 atom stereocenters. The molecule has 0 bridgehead atoms. The van der Waals surface area contributed by atoms with Crippen molar-refractivity contribution in [1.82, 2.24) is 14.8 Å². The van der Waals surface area contributed by atoms with Crippen LogP contribution in [0.4, 0.5) is 0 Å². The number of phenols is 1. The number of methoxy groups -OCH3 is 1. The number of nitrogens with zero attached hydrogens (tertiary/aromatic N) is 3. The van der Waals surface area contributed by atoms with Gasteiger partial charge >= 0.3 is 0 Å². The van der Waals surface area contributed by atoms with Crippen molar-refractivity contribution in [3.8, 4) is 11.5 Å². The number of benzene rings is 1. The number of amides is 1. The first-order valence-electron chi connectivity index (χ1n) is 11.0. The number of aromatic nitrogens is 1. The number of carbonyl (C=O) groups is 1. The van der Waals surface area contributed by atoms with E-state index in [1.54, 1.807) is 18.3 Å². The lowest BCUT2D eigenvalue weighted by atomic mass is 10.2. The smallest absolute Gasteiger partial charge is 0.236 e. The molecule has 0 aliphatic carbocycles. The zero-order valence-corrected chi connectivity index (χ0v) is 19.1. The molecule has 0 radical (unpaired) electrons. The molecule has 7 nitrogen and oxygen atoms in total. The number of rotatable bonds is 9. The summed E-state index contributed by atoms with van der Waals surface area (Å²) >= 11 is 0. The number of pyridine rings is 1. The minimum absolute atomic E-state index is 0.0932. The minimum Gasteiger partial charge on any atom is -0.504 e. The van der Waals surface area contributed by atoms with E-state index < -0.39 is 0 Å². The standard InChI is InChI=1S/C25H33N3O4/c1-19(2)14-28-16-22(32-18-21-8-4-5-11-26-21)15-27(17-25(28)30)12-6-7-20-9-10-23(29)24(13-20)31-3/h4-11,13,19,22,29H,12,14-18H2,1-3H3/b7-6+. The monoisotopic (exact) mass is 439 g/mol. The second-order valence-electron chi connectivity index (χ2n) is 8.47.